The fraction of sp³-hybridized carbons (Fsp3) is 0.0769. The van der Waals surface area contributed by atoms with Crippen molar-refractivity contribution in [2.75, 3.05) is 7.11 Å². The van der Waals surface area contributed by atoms with Crippen LogP contribution in [-0.4, -0.2) is 34.3 Å². The Balaban J connectivity index is 2.06. The minimum atomic E-state index is -0.489. The molecule has 2 aromatic rings. The van der Waals surface area contributed by atoms with Gasteiger partial charge >= 0.3 is 0 Å². The second-order valence-electron chi connectivity index (χ2n) is 3.69. The predicted molar refractivity (Wildman–Crippen MR) is 71.8 cm³/mol. The minimum Gasteiger partial charge on any atom is -0.504 e. The molecule has 1 amide bonds. The lowest BCUT2D eigenvalue weighted by atomic mass is 10.2. The Kier molecular flexibility index (Phi) is 4.23. The SMILES string of the molecule is COc1cccc(/C=N/NC(=O)c2cnccn2)c1O. The number of hydrogen-bond acceptors (Lipinski definition) is 6. The van der Waals surface area contributed by atoms with Crippen LogP contribution in [0.4, 0.5) is 0 Å². The van der Waals surface area contributed by atoms with Crippen molar-refractivity contribution in [3.8, 4) is 11.5 Å². The molecule has 0 aliphatic heterocycles. The monoisotopic (exact) mass is 272 g/mol. The number of phenolic OH excluding ortho intramolecular Hbond substituents is 1. The average molecular weight is 272 g/mol. The maximum atomic E-state index is 11.6. The highest BCUT2D eigenvalue weighted by Gasteiger charge is 2.06. The van der Waals surface area contributed by atoms with Crippen LogP contribution >= 0.6 is 0 Å². The fourth-order valence-electron chi connectivity index (χ4n) is 1.44. The fourth-order valence-corrected chi connectivity index (χ4v) is 1.44. The molecule has 20 heavy (non-hydrogen) atoms. The van der Waals surface area contributed by atoms with E-state index in [1.54, 1.807) is 18.2 Å². The van der Waals surface area contributed by atoms with E-state index in [-0.39, 0.29) is 11.4 Å². The molecule has 0 radical (unpaired) electrons. The Labute approximate surface area is 115 Å². The van der Waals surface area contributed by atoms with Crippen LogP contribution in [0.1, 0.15) is 16.1 Å². The summed E-state index contributed by atoms with van der Waals surface area (Å²) in [5.41, 5.74) is 2.86. The zero-order valence-corrected chi connectivity index (χ0v) is 10.6. The smallest absolute Gasteiger partial charge is 0.291 e. The molecule has 0 saturated carbocycles. The summed E-state index contributed by atoms with van der Waals surface area (Å²) in [6.45, 7) is 0. The van der Waals surface area contributed by atoms with Gasteiger partial charge in [-0.25, -0.2) is 10.4 Å². The average Bonchev–Trinajstić information content (AvgIpc) is 2.49. The Hall–Kier alpha value is -2.96. The molecule has 0 fully saturated rings. The van der Waals surface area contributed by atoms with E-state index >= 15 is 0 Å². The zero-order valence-electron chi connectivity index (χ0n) is 10.6. The lowest BCUT2D eigenvalue weighted by Gasteiger charge is -2.04. The third kappa shape index (κ3) is 3.08. The molecule has 2 N–H and O–H groups in total. The molecule has 102 valence electrons. The van der Waals surface area contributed by atoms with Crippen LogP contribution in [0.25, 0.3) is 0 Å². The Morgan fingerprint density at radius 3 is 3.00 bits per heavy atom. The van der Waals surface area contributed by atoms with Crippen LogP contribution in [0.15, 0.2) is 41.9 Å². The highest BCUT2D eigenvalue weighted by Crippen LogP contribution is 2.27. The van der Waals surface area contributed by atoms with Crippen LogP contribution in [0, 0.1) is 0 Å². The molecule has 0 unspecified atom stereocenters. The first-order valence-electron chi connectivity index (χ1n) is 5.67. The van der Waals surface area contributed by atoms with E-state index in [9.17, 15) is 9.90 Å². The summed E-state index contributed by atoms with van der Waals surface area (Å²) in [6, 6.07) is 4.95. The van der Waals surface area contributed by atoms with Crippen molar-refractivity contribution in [1.82, 2.24) is 15.4 Å². The van der Waals surface area contributed by atoms with Gasteiger partial charge in [0.25, 0.3) is 5.91 Å². The van der Waals surface area contributed by atoms with Gasteiger partial charge in [0, 0.05) is 18.0 Å². The largest absolute Gasteiger partial charge is 0.504 e. The number of hydrazone groups is 1. The van der Waals surface area contributed by atoms with Gasteiger partial charge in [-0.3, -0.25) is 9.78 Å². The lowest BCUT2D eigenvalue weighted by molar-refractivity contribution is 0.0949. The van der Waals surface area contributed by atoms with Gasteiger partial charge in [-0.1, -0.05) is 6.07 Å². The number of ether oxygens (including phenoxy) is 1. The molecule has 0 saturated heterocycles. The Morgan fingerprint density at radius 2 is 2.30 bits per heavy atom. The molecule has 1 aromatic carbocycles. The number of phenols is 1. The normalized spacial score (nSPS) is 10.4. The number of nitrogens with zero attached hydrogens (tertiary/aromatic N) is 3. The van der Waals surface area contributed by atoms with Crippen molar-refractivity contribution >= 4 is 12.1 Å². The van der Waals surface area contributed by atoms with E-state index in [4.69, 9.17) is 4.74 Å². The quantitative estimate of drug-likeness (QED) is 0.638. The van der Waals surface area contributed by atoms with E-state index in [0.717, 1.165) is 0 Å². The third-order valence-electron chi connectivity index (χ3n) is 2.42. The maximum absolute atomic E-state index is 11.6. The molecule has 7 nitrogen and oxygen atoms in total. The number of carbonyl (C=O) groups excluding carboxylic acids is 1. The number of carbonyl (C=O) groups is 1. The van der Waals surface area contributed by atoms with Gasteiger partial charge in [-0.2, -0.15) is 5.10 Å². The summed E-state index contributed by atoms with van der Waals surface area (Å²) >= 11 is 0. The molecule has 2 rings (SSSR count). The summed E-state index contributed by atoms with van der Waals surface area (Å²) < 4.78 is 4.97. The molecule has 1 heterocycles. The van der Waals surface area contributed by atoms with Gasteiger partial charge in [0.05, 0.1) is 19.5 Å². The van der Waals surface area contributed by atoms with E-state index < -0.39 is 5.91 Å². The molecule has 0 aliphatic rings. The number of amides is 1. The number of aromatic hydroxyl groups is 1. The molecule has 0 spiro atoms. The summed E-state index contributed by atoms with van der Waals surface area (Å²) in [5, 5.41) is 13.6. The minimum absolute atomic E-state index is 0.0486. The predicted octanol–water partition coefficient (Wildman–Crippen LogP) is 0.955. The Bertz CT molecular complexity index is 629. The number of hydrogen-bond donors (Lipinski definition) is 2. The van der Waals surface area contributed by atoms with E-state index in [2.05, 4.69) is 20.5 Å². The summed E-state index contributed by atoms with van der Waals surface area (Å²) in [6.07, 6.45) is 5.51. The van der Waals surface area contributed by atoms with Crippen molar-refractivity contribution < 1.29 is 14.6 Å². The molecule has 0 aliphatic carbocycles. The lowest BCUT2D eigenvalue weighted by Crippen LogP contribution is -2.19. The Morgan fingerprint density at radius 1 is 1.45 bits per heavy atom. The van der Waals surface area contributed by atoms with Gasteiger partial charge in [-0.05, 0) is 12.1 Å². The topological polar surface area (TPSA) is 96.7 Å². The number of para-hydroxylation sites is 1. The standard InChI is InChI=1S/C13H12N4O3/c1-20-11-4-2-3-9(12(11)18)7-16-17-13(19)10-8-14-5-6-15-10/h2-8,18H,1H3,(H,17,19)/b16-7+. The van der Waals surface area contributed by atoms with Crippen LogP contribution in [-0.2, 0) is 0 Å². The summed E-state index contributed by atoms with van der Waals surface area (Å²) in [4.78, 5) is 19.2. The van der Waals surface area contributed by atoms with Gasteiger partial charge in [-0.15, -0.1) is 0 Å². The summed E-state index contributed by atoms with van der Waals surface area (Å²) in [7, 11) is 1.45. The molecule has 7 heteroatoms. The van der Waals surface area contributed by atoms with Crippen LogP contribution in [0.5, 0.6) is 11.5 Å². The van der Waals surface area contributed by atoms with Gasteiger partial charge in [0.1, 0.15) is 5.69 Å². The number of rotatable bonds is 4. The van der Waals surface area contributed by atoms with Gasteiger partial charge < -0.3 is 9.84 Å². The first-order chi connectivity index (χ1) is 9.72. The van der Waals surface area contributed by atoms with Crippen LogP contribution < -0.4 is 10.2 Å². The van der Waals surface area contributed by atoms with E-state index in [0.29, 0.717) is 11.3 Å². The van der Waals surface area contributed by atoms with Gasteiger partial charge in [0.2, 0.25) is 0 Å². The van der Waals surface area contributed by atoms with Crippen molar-refractivity contribution in [1.29, 1.82) is 0 Å². The highest BCUT2D eigenvalue weighted by atomic mass is 16.5. The van der Waals surface area contributed by atoms with Crippen molar-refractivity contribution in [2.24, 2.45) is 5.10 Å². The first kappa shape index (κ1) is 13.5. The summed E-state index contributed by atoms with van der Waals surface area (Å²) in [5.74, 6) is -0.210. The number of nitrogens with one attached hydrogen (secondary N) is 1. The number of aromatic nitrogens is 2. The first-order valence-corrected chi connectivity index (χ1v) is 5.67. The zero-order chi connectivity index (χ0) is 14.4. The second-order valence-corrected chi connectivity index (χ2v) is 3.69. The van der Waals surface area contributed by atoms with Crippen molar-refractivity contribution in [2.45, 2.75) is 0 Å². The van der Waals surface area contributed by atoms with Crippen molar-refractivity contribution in [3.05, 3.63) is 48.0 Å². The second kappa shape index (κ2) is 6.28. The van der Waals surface area contributed by atoms with Crippen LogP contribution in [0.3, 0.4) is 0 Å². The molecule has 0 atom stereocenters. The maximum Gasteiger partial charge on any atom is 0.291 e. The molecule has 1 aromatic heterocycles. The van der Waals surface area contributed by atoms with Gasteiger partial charge in [0.15, 0.2) is 11.5 Å². The molecular weight excluding hydrogens is 260 g/mol. The van der Waals surface area contributed by atoms with Crippen molar-refractivity contribution in [3.63, 3.8) is 0 Å². The molecule has 0 bridgehead atoms. The molecular formula is C13H12N4O3. The van der Waals surface area contributed by atoms with E-state index in [1.165, 1.54) is 31.9 Å². The van der Waals surface area contributed by atoms with E-state index in [1.807, 2.05) is 0 Å². The highest BCUT2D eigenvalue weighted by molar-refractivity contribution is 5.93. The number of methoxy groups -OCH3 is 1. The number of benzene rings is 1. The third-order valence-corrected chi connectivity index (χ3v) is 2.42. The van der Waals surface area contributed by atoms with Crippen LogP contribution in [0.2, 0.25) is 0 Å².